The number of nitrogens with zero attached hydrogens (tertiary/aromatic N) is 1. The lowest BCUT2D eigenvalue weighted by Gasteiger charge is -2.15. The number of carboxylic acid groups (broad SMARTS) is 1. The Balaban J connectivity index is 1.68. The van der Waals surface area contributed by atoms with Crippen molar-refractivity contribution >= 4 is 11.9 Å². The van der Waals surface area contributed by atoms with Gasteiger partial charge in [-0.1, -0.05) is 12.1 Å². The van der Waals surface area contributed by atoms with Crippen LogP contribution in [-0.4, -0.2) is 54.7 Å². The van der Waals surface area contributed by atoms with Gasteiger partial charge >= 0.3 is 5.97 Å². The van der Waals surface area contributed by atoms with Crippen molar-refractivity contribution in [3.05, 3.63) is 29.8 Å². The Morgan fingerprint density at radius 1 is 1.24 bits per heavy atom. The number of rotatable bonds is 7. The monoisotopic (exact) mass is 292 g/mol. The summed E-state index contributed by atoms with van der Waals surface area (Å²) in [5, 5.41) is 12.0. The lowest BCUT2D eigenvalue weighted by atomic mass is 10.2. The van der Waals surface area contributed by atoms with Crippen molar-refractivity contribution in [3.8, 4) is 5.75 Å². The van der Waals surface area contributed by atoms with Gasteiger partial charge in [-0.25, -0.2) is 4.79 Å². The van der Waals surface area contributed by atoms with E-state index in [9.17, 15) is 9.59 Å². The Labute approximate surface area is 123 Å². The van der Waals surface area contributed by atoms with Crippen molar-refractivity contribution in [1.29, 1.82) is 0 Å². The minimum absolute atomic E-state index is 0.110. The third-order valence-electron chi connectivity index (χ3n) is 3.39. The molecule has 0 spiro atoms. The molecule has 0 saturated carbocycles. The Kier molecular flexibility index (Phi) is 5.57. The van der Waals surface area contributed by atoms with E-state index < -0.39 is 5.97 Å². The highest BCUT2D eigenvalue weighted by Crippen LogP contribution is 2.17. The minimum atomic E-state index is -1.01. The molecule has 6 nitrogen and oxygen atoms in total. The van der Waals surface area contributed by atoms with Gasteiger partial charge in [-0.2, -0.15) is 0 Å². The van der Waals surface area contributed by atoms with Gasteiger partial charge in [0.15, 0.2) is 0 Å². The average molecular weight is 292 g/mol. The summed E-state index contributed by atoms with van der Waals surface area (Å²) < 4.78 is 5.44. The molecule has 0 unspecified atom stereocenters. The molecule has 1 aliphatic heterocycles. The summed E-state index contributed by atoms with van der Waals surface area (Å²) in [7, 11) is 0. The van der Waals surface area contributed by atoms with Gasteiger partial charge in [0.2, 0.25) is 5.91 Å². The predicted molar refractivity (Wildman–Crippen MR) is 77.6 cm³/mol. The van der Waals surface area contributed by atoms with Crippen LogP contribution >= 0.6 is 0 Å². The Bertz CT molecular complexity index is 498. The van der Waals surface area contributed by atoms with Gasteiger partial charge in [0.05, 0.1) is 6.54 Å². The third-order valence-corrected chi connectivity index (χ3v) is 3.39. The molecule has 6 heteroatoms. The van der Waals surface area contributed by atoms with Crippen molar-refractivity contribution in [3.63, 3.8) is 0 Å². The molecular formula is C15H20N2O4. The second-order valence-corrected chi connectivity index (χ2v) is 4.91. The molecule has 21 heavy (non-hydrogen) atoms. The first-order valence-electron chi connectivity index (χ1n) is 7.12. The van der Waals surface area contributed by atoms with E-state index in [1.54, 1.807) is 18.2 Å². The fourth-order valence-corrected chi connectivity index (χ4v) is 2.28. The van der Waals surface area contributed by atoms with Crippen LogP contribution in [-0.2, 0) is 4.79 Å². The van der Waals surface area contributed by atoms with E-state index >= 15 is 0 Å². The lowest BCUT2D eigenvalue weighted by Crippen LogP contribution is -2.37. The number of likely N-dealkylation sites (tertiary alicyclic amines) is 1. The second kappa shape index (κ2) is 7.64. The Morgan fingerprint density at radius 2 is 1.95 bits per heavy atom. The van der Waals surface area contributed by atoms with Crippen LogP contribution in [0.1, 0.15) is 23.2 Å². The molecule has 0 radical (unpaired) electrons. The zero-order valence-corrected chi connectivity index (χ0v) is 11.9. The fourth-order valence-electron chi connectivity index (χ4n) is 2.28. The first-order chi connectivity index (χ1) is 10.2. The van der Waals surface area contributed by atoms with Crippen LogP contribution in [0.4, 0.5) is 0 Å². The predicted octanol–water partition coefficient (Wildman–Crippen LogP) is 0.976. The zero-order valence-electron chi connectivity index (χ0n) is 11.9. The van der Waals surface area contributed by atoms with Crippen LogP contribution in [0.5, 0.6) is 5.75 Å². The van der Waals surface area contributed by atoms with Crippen LogP contribution in [0.25, 0.3) is 0 Å². The largest absolute Gasteiger partial charge is 0.491 e. The molecule has 1 aromatic rings. The number of hydrogen-bond donors (Lipinski definition) is 2. The molecule has 1 aliphatic rings. The highest BCUT2D eigenvalue weighted by atomic mass is 16.5. The zero-order chi connectivity index (χ0) is 15.1. The van der Waals surface area contributed by atoms with E-state index in [4.69, 9.17) is 9.84 Å². The maximum absolute atomic E-state index is 11.8. The molecule has 0 aliphatic carbocycles. The molecule has 2 N–H and O–H groups in total. The summed E-state index contributed by atoms with van der Waals surface area (Å²) >= 11 is 0. The van der Waals surface area contributed by atoms with E-state index in [-0.39, 0.29) is 11.5 Å². The van der Waals surface area contributed by atoms with E-state index in [0.29, 0.717) is 25.4 Å². The normalized spacial score (nSPS) is 14.2. The maximum Gasteiger partial charge on any atom is 0.339 e. The Morgan fingerprint density at radius 3 is 2.67 bits per heavy atom. The van der Waals surface area contributed by atoms with Crippen molar-refractivity contribution in [2.24, 2.45) is 0 Å². The number of amides is 1. The molecule has 0 bridgehead atoms. The number of hydrogen-bond acceptors (Lipinski definition) is 4. The first-order valence-corrected chi connectivity index (χ1v) is 7.12. The number of carbonyl (C=O) groups excluding carboxylic acids is 1. The Hall–Kier alpha value is -2.08. The van der Waals surface area contributed by atoms with Gasteiger partial charge in [0, 0.05) is 19.6 Å². The van der Waals surface area contributed by atoms with Crippen LogP contribution in [0.2, 0.25) is 0 Å². The quantitative estimate of drug-likeness (QED) is 0.732. The number of ether oxygens (including phenoxy) is 1. The molecule has 1 fully saturated rings. The minimum Gasteiger partial charge on any atom is -0.491 e. The highest BCUT2D eigenvalue weighted by molar-refractivity contribution is 5.90. The van der Waals surface area contributed by atoms with Gasteiger partial charge in [-0.05, 0) is 25.0 Å². The van der Waals surface area contributed by atoms with E-state index in [2.05, 4.69) is 5.32 Å². The van der Waals surface area contributed by atoms with Crippen molar-refractivity contribution in [2.45, 2.75) is 12.8 Å². The van der Waals surface area contributed by atoms with Crippen LogP contribution in [0.3, 0.4) is 0 Å². The summed E-state index contributed by atoms with van der Waals surface area (Å²) in [4.78, 5) is 24.6. The second-order valence-electron chi connectivity index (χ2n) is 4.91. The summed E-state index contributed by atoms with van der Waals surface area (Å²) in [5.74, 6) is -0.557. The molecule has 0 atom stereocenters. The number of aromatic carboxylic acids is 1. The molecule has 1 heterocycles. The number of carbonyl (C=O) groups is 2. The van der Waals surface area contributed by atoms with Crippen molar-refractivity contribution < 1.29 is 19.4 Å². The van der Waals surface area contributed by atoms with E-state index in [1.165, 1.54) is 6.07 Å². The van der Waals surface area contributed by atoms with Crippen molar-refractivity contribution in [1.82, 2.24) is 10.2 Å². The molecule has 1 aromatic carbocycles. The van der Waals surface area contributed by atoms with Gasteiger partial charge in [0.1, 0.15) is 17.9 Å². The van der Waals surface area contributed by atoms with Crippen molar-refractivity contribution in [2.75, 3.05) is 32.8 Å². The van der Waals surface area contributed by atoms with Crippen LogP contribution < -0.4 is 10.1 Å². The van der Waals surface area contributed by atoms with Gasteiger partial charge < -0.3 is 20.1 Å². The first kappa shape index (κ1) is 15.3. The number of benzene rings is 1. The number of nitrogens with one attached hydrogen (secondary N) is 1. The molecular weight excluding hydrogens is 272 g/mol. The highest BCUT2D eigenvalue weighted by Gasteiger charge is 2.16. The fraction of sp³-hybridized carbons (Fsp3) is 0.467. The van der Waals surface area contributed by atoms with Crippen LogP contribution in [0, 0.1) is 0 Å². The molecule has 1 saturated heterocycles. The number of para-hydroxylation sites is 1. The molecule has 0 aromatic heterocycles. The summed E-state index contributed by atoms with van der Waals surface area (Å²) in [6.07, 6.45) is 2.17. The summed E-state index contributed by atoms with van der Waals surface area (Å²) in [6, 6.07) is 6.51. The average Bonchev–Trinajstić information content (AvgIpc) is 3.01. The van der Waals surface area contributed by atoms with Gasteiger partial charge in [0.25, 0.3) is 0 Å². The lowest BCUT2D eigenvalue weighted by molar-refractivity contribution is -0.129. The standard InChI is InChI=1S/C15H20N2O4/c18-14(17-8-3-4-9-17)11-16-7-10-21-13-6-2-1-5-12(13)15(19)20/h1-2,5-6,16H,3-4,7-11H2,(H,19,20). The van der Waals surface area contributed by atoms with Crippen LogP contribution in [0.15, 0.2) is 24.3 Å². The molecule has 2 rings (SSSR count). The maximum atomic E-state index is 11.8. The summed E-state index contributed by atoms with van der Waals surface area (Å²) in [5.41, 5.74) is 0.144. The number of carboxylic acids is 1. The molecule has 114 valence electrons. The van der Waals surface area contributed by atoms with E-state index in [1.807, 2.05) is 4.90 Å². The van der Waals surface area contributed by atoms with E-state index in [0.717, 1.165) is 25.9 Å². The summed E-state index contributed by atoms with van der Waals surface area (Å²) in [6.45, 7) is 2.81. The molecule has 1 amide bonds. The SMILES string of the molecule is O=C(O)c1ccccc1OCCNCC(=O)N1CCCC1. The topological polar surface area (TPSA) is 78.9 Å². The van der Waals surface area contributed by atoms with Gasteiger partial charge in [-0.3, -0.25) is 4.79 Å². The van der Waals surface area contributed by atoms with Gasteiger partial charge in [-0.15, -0.1) is 0 Å². The smallest absolute Gasteiger partial charge is 0.339 e. The third kappa shape index (κ3) is 4.46.